The molecule has 1 atom stereocenters. The standard InChI is InChI=1S/C20H30ClN5O2/c1-20(2,3)26-8-7-22-17(14-26)18(27)24-9-11-25(12-10-24)19(28)23-16-6-4-5-15(21)13-16/h4-6,13,17,22H,7-12,14H2,1-3H3,(H,23,28)/t17-/m1/s1. The topological polar surface area (TPSA) is 67.9 Å². The Hall–Kier alpha value is -1.83. The Labute approximate surface area is 172 Å². The van der Waals surface area contributed by atoms with Crippen LogP contribution in [-0.4, -0.2) is 84.0 Å². The van der Waals surface area contributed by atoms with Gasteiger partial charge in [-0.15, -0.1) is 0 Å². The summed E-state index contributed by atoms with van der Waals surface area (Å²) in [5.74, 6) is 0.129. The minimum Gasteiger partial charge on any atom is -0.338 e. The fraction of sp³-hybridized carbons (Fsp3) is 0.600. The van der Waals surface area contributed by atoms with E-state index in [4.69, 9.17) is 11.6 Å². The normalized spacial score (nSPS) is 21.5. The molecule has 2 aliphatic rings. The Kier molecular flexibility index (Phi) is 6.47. The highest BCUT2D eigenvalue weighted by molar-refractivity contribution is 6.30. The molecule has 7 nitrogen and oxygen atoms in total. The van der Waals surface area contributed by atoms with Crippen molar-refractivity contribution in [2.24, 2.45) is 0 Å². The summed E-state index contributed by atoms with van der Waals surface area (Å²) in [4.78, 5) is 31.3. The summed E-state index contributed by atoms with van der Waals surface area (Å²) < 4.78 is 0. The number of hydrogen-bond acceptors (Lipinski definition) is 4. The van der Waals surface area contributed by atoms with E-state index in [1.54, 1.807) is 29.2 Å². The zero-order valence-electron chi connectivity index (χ0n) is 16.9. The molecule has 154 valence electrons. The Morgan fingerprint density at radius 1 is 1.11 bits per heavy atom. The minimum absolute atomic E-state index is 0.0533. The minimum atomic E-state index is -0.181. The Bertz CT molecular complexity index is 713. The van der Waals surface area contributed by atoms with Crippen LogP contribution in [0.3, 0.4) is 0 Å². The first-order chi connectivity index (χ1) is 13.2. The van der Waals surface area contributed by atoms with E-state index < -0.39 is 0 Å². The number of benzene rings is 1. The molecule has 8 heteroatoms. The number of hydrogen-bond donors (Lipinski definition) is 2. The van der Waals surface area contributed by atoms with E-state index in [0.29, 0.717) is 36.9 Å². The maximum absolute atomic E-state index is 12.9. The van der Waals surface area contributed by atoms with Crippen molar-refractivity contribution in [1.29, 1.82) is 0 Å². The van der Waals surface area contributed by atoms with Gasteiger partial charge in [0.15, 0.2) is 0 Å². The van der Waals surface area contributed by atoms with Crippen LogP contribution in [0.25, 0.3) is 0 Å². The Morgan fingerprint density at radius 3 is 2.43 bits per heavy atom. The predicted molar refractivity (Wildman–Crippen MR) is 112 cm³/mol. The second kappa shape index (κ2) is 8.68. The highest BCUT2D eigenvalue weighted by atomic mass is 35.5. The van der Waals surface area contributed by atoms with Crippen molar-refractivity contribution in [2.75, 3.05) is 51.1 Å². The molecule has 28 heavy (non-hydrogen) atoms. The van der Waals surface area contributed by atoms with Gasteiger partial charge in [0.25, 0.3) is 0 Å². The van der Waals surface area contributed by atoms with Crippen LogP contribution in [0.5, 0.6) is 0 Å². The second-order valence-electron chi connectivity index (χ2n) is 8.38. The Balaban J connectivity index is 1.50. The lowest BCUT2D eigenvalue weighted by Gasteiger charge is -2.43. The zero-order chi connectivity index (χ0) is 20.3. The van der Waals surface area contributed by atoms with Gasteiger partial charge in [-0.1, -0.05) is 17.7 Å². The second-order valence-corrected chi connectivity index (χ2v) is 8.81. The molecule has 2 heterocycles. The van der Waals surface area contributed by atoms with Crippen molar-refractivity contribution in [3.05, 3.63) is 29.3 Å². The van der Waals surface area contributed by atoms with Gasteiger partial charge in [0.2, 0.25) is 5.91 Å². The lowest BCUT2D eigenvalue weighted by Crippen LogP contribution is -2.63. The highest BCUT2D eigenvalue weighted by Crippen LogP contribution is 2.18. The molecule has 2 aliphatic heterocycles. The first kappa shape index (κ1) is 20.9. The van der Waals surface area contributed by atoms with Crippen LogP contribution < -0.4 is 10.6 Å². The molecule has 0 unspecified atom stereocenters. The van der Waals surface area contributed by atoms with E-state index in [2.05, 4.69) is 36.3 Å². The van der Waals surface area contributed by atoms with Gasteiger partial charge >= 0.3 is 6.03 Å². The number of rotatable bonds is 2. The van der Waals surface area contributed by atoms with Gasteiger partial charge in [-0.05, 0) is 39.0 Å². The van der Waals surface area contributed by atoms with Gasteiger partial charge in [-0.25, -0.2) is 4.79 Å². The molecule has 1 aromatic rings. The molecule has 2 N–H and O–H groups in total. The van der Waals surface area contributed by atoms with Gasteiger partial charge in [-0.3, -0.25) is 9.69 Å². The fourth-order valence-electron chi connectivity index (χ4n) is 3.64. The lowest BCUT2D eigenvalue weighted by molar-refractivity contribution is -0.136. The summed E-state index contributed by atoms with van der Waals surface area (Å²) in [6.45, 7) is 11.2. The average Bonchev–Trinajstić information content (AvgIpc) is 2.67. The molecule has 1 aromatic carbocycles. The van der Waals surface area contributed by atoms with Crippen LogP contribution in [-0.2, 0) is 4.79 Å². The quantitative estimate of drug-likeness (QED) is 0.787. The molecule has 3 amide bonds. The molecule has 0 radical (unpaired) electrons. The first-order valence-electron chi connectivity index (χ1n) is 9.83. The maximum atomic E-state index is 12.9. The van der Waals surface area contributed by atoms with E-state index in [0.717, 1.165) is 19.6 Å². The third-order valence-corrected chi connectivity index (χ3v) is 5.61. The molecular weight excluding hydrogens is 378 g/mol. The van der Waals surface area contributed by atoms with Crippen molar-refractivity contribution in [2.45, 2.75) is 32.4 Å². The zero-order valence-corrected chi connectivity index (χ0v) is 17.6. The summed E-state index contributed by atoms with van der Waals surface area (Å²) in [6, 6.07) is 6.74. The first-order valence-corrected chi connectivity index (χ1v) is 10.2. The molecule has 3 rings (SSSR count). The average molecular weight is 408 g/mol. The number of anilines is 1. The highest BCUT2D eigenvalue weighted by Gasteiger charge is 2.34. The molecule has 2 saturated heterocycles. The van der Waals surface area contributed by atoms with E-state index in [-0.39, 0.29) is 23.5 Å². The number of carbonyl (C=O) groups is 2. The fourth-order valence-corrected chi connectivity index (χ4v) is 3.83. The number of halogens is 1. The van der Waals surface area contributed by atoms with E-state index >= 15 is 0 Å². The number of urea groups is 1. The number of nitrogens with zero attached hydrogens (tertiary/aromatic N) is 3. The molecule has 0 bridgehead atoms. The SMILES string of the molecule is CC(C)(C)N1CCN[C@@H](C(=O)N2CCN(C(=O)Nc3cccc(Cl)c3)CC2)C1. The molecule has 0 aromatic heterocycles. The number of piperazine rings is 2. The maximum Gasteiger partial charge on any atom is 0.321 e. The molecular formula is C20H30ClN5O2. The number of amides is 3. The molecule has 2 fully saturated rings. The van der Waals surface area contributed by atoms with Gasteiger partial charge < -0.3 is 20.4 Å². The summed E-state index contributed by atoms with van der Waals surface area (Å²) in [5.41, 5.74) is 0.724. The number of nitrogens with one attached hydrogen (secondary N) is 2. The van der Waals surface area contributed by atoms with E-state index in [9.17, 15) is 9.59 Å². The van der Waals surface area contributed by atoms with Crippen molar-refractivity contribution in [1.82, 2.24) is 20.0 Å². The summed E-state index contributed by atoms with van der Waals surface area (Å²) in [5, 5.41) is 6.80. The summed E-state index contributed by atoms with van der Waals surface area (Å²) in [6.07, 6.45) is 0. The monoisotopic (exact) mass is 407 g/mol. The van der Waals surface area contributed by atoms with E-state index in [1.807, 2.05) is 4.90 Å². The largest absolute Gasteiger partial charge is 0.338 e. The van der Waals surface area contributed by atoms with Crippen molar-refractivity contribution in [3.8, 4) is 0 Å². The van der Waals surface area contributed by atoms with E-state index in [1.165, 1.54) is 0 Å². The van der Waals surface area contributed by atoms with Gasteiger partial charge in [0.1, 0.15) is 0 Å². The third-order valence-electron chi connectivity index (χ3n) is 5.38. The summed E-state index contributed by atoms with van der Waals surface area (Å²) >= 11 is 5.96. The van der Waals surface area contributed by atoms with Crippen LogP contribution >= 0.6 is 11.6 Å². The Morgan fingerprint density at radius 2 is 1.79 bits per heavy atom. The number of carbonyl (C=O) groups excluding carboxylic acids is 2. The molecule has 0 saturated carbocycles. The van der Waals surface area contributed by atoms with Crippen LogP contribution in [0.2, 0.25) is 5.02 Å². The predicted octanol–water partition coefficient (Wildman–Crippen LogP) is 2.09. The third kappa shape index (κ3) is 5.16. The molecule has 0 spiro atoms. The molecule has 0 aliphatic carbocycles. The van der Waals surface area contributed by atoms with Gasteiger partial charge in [0.05, 0.1) is 6.04 Å². The van der Waals surface area contributed by atoms with Crippen molar-refractivity contribution >= 4 is 29.2 Å². The smallest absolute Gasteiger partial charge is 0.321 e. The van der Waals surface area contributed by atoms with Crippen LogP contribution in [0.4, 0.5) is 10.5 Å². The summed E-state index contributed by atoms with van der Waals surface area (Å²) in [7, 11) is 0. The van der Waals surface area contributed by atoms with Gasteiger partial charge in [0, 0.05) is 62.1 Å². The van der Waals surface area contributed by atoms with Crippen LogP contribution in [0.15, 0.2) is 24.3 Å². The van der Waals surface area contributed by atoms with Gasteiger partial charge in [-0.2, -0.15) is 0 Å². The van der Waals surface area contributed by atoms with Crippen LogP contribution in [0, 0.1) is 0 Å². The van der Waals surface area contributed by atoms with Crippen molar-refractivity contribution in [3.63, 3.8) is 0 Å². The van der Waals surface area contributed by atoms with Crippen LogP contribution in [0.1, 0.15) is 20.8 Å². The lowest BCUT2D eigenvalue weighted by atomic mass is 10.0. The van der Waals surface area contributed by atoms with Crippen molar-refractivity contribution < 1.29 is 9.59 Å².